The van der Waals surface area contributed by atoms with E-state index in [1.54, 1.807) is 7.11 Å². The first-order valence-electron chi connectivity index (χ1n) is 4.34. The predicted molar refractivity (Wildman–Crippen MR) is 57.5 cm³/mol. The van der Waals surface area contributed by atoms with Crippen LogP contribution in [0.2, 0.25) is 0 Å². The summed E-state index contributed by atoms with van der Waals surface area (Å²) in [6.07, 6.45) is -0.0261. The maximum absolute atomic E-state index is 10.5. The Kier molecular flexibility index (Phi) is 2.55. The number of aromatic nitrogens is 1. The maximum Gasteiger partial charge on any atom is 0.310 e. The van der Waals surface area contributed by atoms with E-state index in [-0.39, 0.29) is 6.42 Å². The number of aliphatic carboxylic acids is 1. The number of fused-ring (bicyclic) bond motifs is 1. The van der Waals surface area contributed by atoms with E-state index in [0.29, 0.717) is 5.01 Å². The summed E-state index contributed by atoms with van der Waals surface area (Å²) in [5, 5.41) is 9.25. The lowest BCUT2D eigenvalue weighted by Crippen LogP contribution is -1.98. The molecule has 1 N–H and O–H groups in total. The summed E-state index contributed by atoms with van der Waals surface area (Å²) >= 11 is 1.38. The SMILES string of the molecule is COc1ccc2nc(CC(=O)O)sc2c1. The number of carbonyl (C=O) groups is 1. The molecule has 0 spiro atoms. The smallest absolute Gasteiger partial charge is 0.310 e. The van der Waals surface area contributed by atoms with Gasteiger partial charge < -0.3 is 9.84 Å². The second-order valence-electron chi connectivity index (χ2n) is 3.01. The van der Waals surface area contributed by atoms with Crippen molar-refractivity contribution in [3.05, 3.63) is 23.2 Å². The van der Waals surface area contributed by atoms with Crippen molar-refractivity contribution in [1.29, 1.82) is 0 Å². The number of rotatable bonds is 3. The monoisotopic (exact) mass is 223 g/mol. The van der Waals surface area contributed by atoms with Crippen molar-refractivity contribution in [2.24, 2.45) is 0 Å². The minimum Gasteiger partial charge on any atom is -0.497 e. The molecule has 1 aromatic carbocycles. The molecule has 2 aromatic rings. The Hall–Kier alpha value is -1.62. The van der Waals surface area contributed by atoms with Crippen molar-refractivity contribution in [1.82, 2.24) is 4.98 Å². The third kappa shape index (κ3) is 2.07. The standard InChI is InChI=1S/C10H9NO3S/c1-14-6-2-3-7-8(4-6)15-9(11-7)5-10(12)13/h2-4H,5H2,1H3,(H,12,13). The van der Waals surface area contributed by atoms with Crippen LogP contribution >= 0.6 is 11.3 Å². The molecular weight excluding hydrogens is 214 g/mol. The van der Waals surface area contributed by atoms with Gasteiger partial charge in [-0.2, -0.15) is 0 Å². The van der Waals surface area contributed by atoms with Gasteiger partial charge in [0.2, 0.25) is 0 Å². The van der Waals surface area contributed by atoms with Gasteiger partial charge in [0.1, 0.15) is 10.8 Å². The van der Waals surface area contributed by atoms with Crippen LogP contribution in [0.15, 0.2) is 18.2 Å². The molecule has 0 saturated carbocycles. The molecule has 2 rings (SSSR count). The van der Waals surface area contributed by atoms with E-state index in [2.05, 4.69) is 4.98 Å². The van der Waals surface area contributed by atoms with Gasteiger partial charge in [0.25, 0.3) is 0 Å². The number of thiazole rings is 1. The molecular formula is C10H9NO3S. The lowest BCUT2D eigenvalue weighted by molar-refractivity contribution is -0.136. The lowest BCUT2D eigenvalue weighted by atomic mass is 10.3. The second kappa shape index (κ2) is 3.86. The Morgan fingerprint density at radius 3 is 3.07 bits per heavy atom. The first-order chi connectivity index (χ1) is 7.19. The maximum atomic E-state index is 10.5. The van der Waals surface area contributed by atoms with Crippen molar-refractivity contribution in [2.45, 2.75) is 6.42 Å². The molecule has 0 saturated heterocycles. The summed E-state index contributed by atoms with van der Waals surface area (Å²) in [6.45, 7) is 0. The van der Waals surface area contributed by atoms with Gasteiger partial charge in [-0.25, -0.2) is 4.98 Å². The summed E-state index contributed by atoms with van der Waals surface area (Å²) in [5.74, 6) is -0.103. The van der Waals surface area contributed by atoms with Crippen LogP contribution in [0.1, 0.15) is 5.01 Å². The first kappa shape index (κ1) is 9.92. The molecule has 0 unspecified atom stereocenters. The summed E-state index contributed by atoms with van der Waals surface area (Å²) < 4.78 is 6.02. The van der Waals surface area contributed by atoms with Gasteiger partial charge >= 0.3 is 5.97 Å². The van der Waals surface area contributed by atoms with E-state index in [1.165, 1.54) is 11.3 Å². The summed E-state index contributed by atoms with van der Waals surface area (Å²) in [7, 11) is 1.60. The molecule has 1 aromatic heterocycles. The molecule has 15 heavy (non-hydrogen) atoms. The van der Waals surface area contributed by atoms with Gasteiger partial charge in [0.05, 0.1) is 23.7 Å². The highest BCUT2D eigenvalue weighted by Gasteiger charge is 2.07. The molecule has 0 aliphatic carbocycles. The number of nitrogens with zero attached hydrogens (tertiary/aromatic N) is 1. The van der Waals surface area contributed by atoms with Crippen molar-refractivity contribution in [3.63, 3.8) is 0 Å². The topological polar surface area (TPSA) is 59.4 Å². The van der Waals surface area contributed by atoms with Crippen LogP contribution in [0.4, 0.5) is 0 Å². The summed E-state index contributed by atoms with van der Waals surface area (Å²) in [4.78, 5) is 14.7. The summed E-state index contributed by atoms with van der Waals surface area (Å²) in [6, 6.07) is 5.50. The Balaban J connectivity index is 2.42. The molecule has 5 heteroatoms. The fourth-order valence-corrected chi connectivity index (χ4v) is 2.27. The number of ether oxygens (including phenoxy) is 1. The van der Waals surface area contributed by atoms with Crippen LogP contribution < -0.4 is 4.74 Å². The largest absolute Gasteiger partial charge is 0.497 e. The highest BCUT2D eigenvalue weighted by Crippen LogP contribution is 2.26. The zero-order valence-corrected chi connectivity index (χ0v) is 8.87. The first-order valence-corrected chi connectivity index (χ1v) is 5.16. The van der Waals surface area contributed by atoms with Crippen molar-refractivity contribution in [2.75, 3.05) is 7.11 Å². The van der Waals surface area contributed by atoms with E-state index < -0.39 is 5.97 Å². The quantitative estimate of drug-likeness (QED) is 0.863. The third-order valence-electron chi connectivity index (χ3n) is 1.94. The zero-order valence-electron chi connectivity index (χ0n) is 8.06. The summed E-state index contributed by atoms with van der Waals surface area (Å²) in [5.41, 5.74) is 0.817. The van der Waals surface area contributed by atoms with Crippen molar-refractivity contribution in [3.8, 4) is 5.75 Å². The molecule has 0 fully saturated rings. The fourth-order valence-electron chi connectivity index (χ4n) is 1.28. The van der Waals surface area contributed by atoms with Gasteiger partial charge in [-0.05, 0) is 18.2 Å². The molecule has 0 aliphatic heterocycles. The fraction of sp³-hybridized carbons (Fsp3) is 0.200. The highest BCUT2D eigenvalue weighted by molar-refractivity contribution is 7.18. The van der Waals surface area contributed by atoms with E-state index in [9.17, 15) is 4.79 Å². The molecule has 0 amide bonds. The predicted octanol–water partition coefficient (Wildman–Crippen LogP) is 1.93. The Labute approximate surface area is 90.1 Å². The molecule has 0 bridgehead atoms. The molecule has 0 radical (unpaired) electrons. The number of hydrogen-bond acceptors (Lipinski definition) is 4. The van der Waals surface area contributed by atoms with E-state index >= 15 is 0 Å². The van der Waals surface area contributed by atoms with Crippen molar-refractivity contribution >= 4 is 27.5 Å². The molecule has 0 aliphatic rings. The van der Waals surface area contributed by atoms with Gasteiger partial charge in [0.15, 0.2) is 0 Å². The average Bonchev–Trinajstić information content (AvgIpc) is 2.57. The van der Waals surface area contributed by atoms with E-state index in [0.717, 1.165) is 16.0 Å². The van der Waals surface area contributed by atoms with Gasteiger partial charge in [-0.1, -0.05) is 0 Å². The normalized spacial score (nSPS) is 10.5. The number of methoxy groups -OCH3 is 1. The van der Waals surface area contributed by atoms with E-state index in [1.807, 2.05) is 18.2 Å². The Morgan fingerprint density at radius 2 is 2.40 bits per heavy atom. The number of carboxylic acids is 1. The highest BCUT2D eigenvalue weighted by atomic mass is 32.1. The zero-order chi connectivity index (χ0) is 10.8. The Bertz CT molecular complexity index is 506. The minimum atomic E-state index is -0.860. The van der Waals surface area contributed by atoms with Crippen LogP contribution in [0, 0.1) is 0 Å². The number of benzene rings is 1. The van der Waals surface area contributed by atoms with E-state index in [4.69, 9.17) is 9.84 Å². The number of hydrogen-bond donors (Lipinski definition) is 1. The molecule has 4 nitrogen and oxygen atoms in total. The lowest BCUT2D eigenvalue weighted by Gasteiger charge is -1.96. The number of carboxylic acid groups (broad SMARTS) is 1. The van der Waals surface area contributed by atoms with Crippen LogP contribution in [0.3, 0.4) is 0 Å². The average molecular weight is 223 g/mol. The molecule has 78 valence electrons. The Morgan fingerprint density at radius 1 is 1.60 bits per heavy atom. The van der Waals surface area contributed by atoms with Crippen LogP contribution in [0.25, 0.3) is 10.2 Å². The van der Waals surface area contributed by atoms with Crippen molar-refractivity contribution < 1.29 is 14.6 Å². The molecule has 1 heterocycles. The van der Waals surface area contributed by atoms with Gasteiger partial charge in [-0.3, -0.25) is 4.79 Å². The van der Waals surface area contributed by atoms with Crippen LogP contribution in [0.5, 0.6) is 5.75 Å². The van der Waals surface area contributed by atoms with Crippen LogP contribution in [-0.4, -0.2) is 23.2 Å². The molecule has 0 atom stereocenters. The second-order valence-corrected chi connectivity index (χ2v) is 4.13. The van der Waals surface area contributed by atoms with Gasteiger partial charge in [0, 0.05) is 0 Å². The minimum absolute atomic E-state index is 0.0261. The van der Waals surface area contributed by atoms with Gasteiger partial charge in [-0.15, -0.1) is 11.3 Å². The third-order valence-corrected chi connectivity index (χ3v) is 2.96. The van der Waals surface area contributed by atoms with Crippen LogP contribution in [-0.2, 0) is 11.2 Å².